The van der Waals surface area contributed by atoms with Crippen molar-refractivity contribution in [1.82, 2.24) is 0 Å². The molecule has 0 saturated heterocycles. The Bertz CT molecular complexity index is 739. The number of carbonyl (C=O) groups excluding carboxylic acids is 2. The fraction of sp³-hybridized carbons (Fsp3) is 0.722. The Morgan fingerprint density at radius 3 is 1.57 bits per heavy atom. The molecule has 6 nitrogen and oxygen atoms in total. The maximum absolute atomic E-state index is 11.9. The lowest BCUT2D eigenvalue weighted by Crippen LogP contribution is -2.25. The zero-order valence-electron chi connectivity index (χ0n) is 26.9. The molecule has 0 amide bonds. The van der Waals surface area contributed by atoms with Crippen LogP contribution in [0.2, 0.25) is 0 Å². The van der Waals surface area contributed by atoms with Gasteiger partial charge in [0, 0.05) is 12.8 Å². The summed E-state index contributed by atoms with van der Waals surface area (Å²) in [7, 11) is 0. The maximum Gasteiger partial charge on any atom is 0.305 e. The number of hydrogen-bond donors (Lipinski definition) is 2. The van der Waals surface area contributed by atoms with Crippen molar-refractivity contribution in [3.05, 3.63) is 48.6 Å². The van der Waals surface area contributed by atoms with Crippen molar-refractivity contribution >= 4 is 11.9 Å². The number of aliphatic hydroxyl groups excluding tert-OH is 2. The van der Waals surface area contributed by atoms with Gasteiger partial charge in [0.2, 0.25) is 0 Å². The molecule has 0 unspecified atom stereocenters. The van der Waals surface area contributed by atoms with E-state index in [0.717, 1.165) is 64.2 Å². The quantitative estimate of drug-likeness (QED) is 0.0513. The number of hydrogen-bond acceptors (Lipinski definition) is 6. The first-order valence-electron chi connectivity index (χ1n) is 16.8. The van der Waals surface area contributed by atoms with Crippen LogP contribution in [-0.4, -0.2) is 47.6 Å². The number of ether oxygens (including phenoxy) is 2. The standard InChI is InChI=1S/C36H62O6/c1-3-5-7-8-9-10-16-19-22-25-29-35(39)41-31-34(38)32-42-36(40)30-26-23-20-17-14-12-11-13-15-18-21-24-28-33(37)27-6-4-2/h11-12,15,17-18,20,24,28,33-34,37-38H,3-10,13-14,16,19,21-23,25-27,29-32H2,1-2H3/b12-11-,18-15-,20-17-,28-24-/t33-,34-/m0/s1. The molecule has 0 radical (unpaired) electrons. The van der Waals surface area contributed by atoms with E-state index in [4.69, 9.17) is 9.47 Å². The summed E-state index contributed by atoms with van der Waals surface area (Å²) < 4.78 is 10.2. The van der Waals surface area contributed by atoms with Crippen molar-refractivity contribution in [2.45, 2.75) is 154 Å². The third kappa shape index (κ3) is 30.8. The zero-order valence-corrected chi connectivity index (χ0v) is 26.9. The van der Waals surface area contributed by atoms with E-state index in [1.165, 1.54) is 44.9 Å². The summed E-state index contributed by atoms with van der Waals surface area (Å²) in [6.45, 7) is 4.06. The average molecular weight is 591 g/mol. The predicted octanol–water partition coefficient (Wildman–Crippen LogP) is 8.86. The highest BCUT2D eigenvalue weighted by atomic mass is 16.6. The van der Waals surface area contributed by atoms with Gasteiger partial charge in [-0.25, -0.2) is 0 Å². The van der Waals surface area contributed by atoms with E-state index >= 15 is 0 Å². The van der Waals surface area contributed by atoms with E-state index in [1.54, 1.807) is 0 Å². The summed E-state index contributed by atoms with van der Waals surface area (Å²) in [5.41, 5.74) is 0. The number of allylic oxidation sites excluding steroid dienone is 7. The lowest BCUT2D eigenvalue weighted by atomic mass is 10.1. The second-order valence-corrected chi connectivity index (χ2v) is 11.1. The largest absolute Gasteiger partial charge is 0.463 e. The molecule has 2 atom stereocenters. The maximum atomic E-state index is 11.9. The van der Waals surface area contributed by atoms with E-state index in [-0.39, 0.29) is 31.3 Å². The van der Waals surface area contributed by atoms with E-state index in [0.29, 0.717) is 19.3 Å². The van der Waals surface area contributed by atoms with Crippen LogP contribution in [0, 0.1) is 0 Å². The van der Waals surface area contributed by atoms with Crippen molar-refractivity contribution in [2.24, 2.45) is 0 Å². The third-order valence-electron chi connectivity index (χ3n) is 6.89. The Kier molecular flexibility index (Phi) is 30.1. The van der Waals surface area contributed by atoms with Gasteiger partial charge < -0.3 is 19.7 Å². The molecule has 0 aromatic heterocycles. The molecule has 0 spiro atoms. The first-order chi connectivity index (χ1) is 20.5. The Morgan fingerprint density at radius 1 is 0.571 bits per heavy atom. The first-order valence-corrected chi connectivity index (χ1v) is 16.8. The smallest absolute Gasteiger partial charge is 0.305 e. The number of rotatable bonds is 29. The number of carbonyl (C=O) groups is 2. The second kappa shape index (κ2) is 31.7. The SMILES string of the molecule is CCCCCCCCCCCCC(=O)OC[C@H](O)COC(=O)CCC/C=C\C/C=C\C/C=C\C/C=C\[C@@H](O)CCCC. The Labute approximate surface area is 257 Å². The van der Waals surface area contributed by atoms with Crippen LogP contribution in [0.1, 0.15) is 142 Å². The molecule has 0 saturated carbocycles. The van der Waals surface area contributed by atoms with Crippen LogP contribution in [0.15, 0.2) is 48.6 Å². The molecule has 0 aliphatic rings. The number of aliphatic hydroxyl groups is 2. The monoisotopic (exact) mass is 590 g/mol. The van der Waals surface area contributed by atoms with Crippen LogP contribution in [0.25, 0.3) is 0 Å². The minimum absolute atomic E-state index is 0.143. The molecule has 0 rings (SSSR count). The minimum atomic E-state index is -0.993. The highest BCUT2D eigenvalue weighted by molar-refractivity contribution is 5.69. The molecule has 0 fully saturated rings. The van der Waals surface area contributed by atoms with Crippen molar-refractivity contribution in [2.75, 3.05) is 13.2 Å². The molecule has 0 aliphatic heterocycles. The van der Waals surface area contributed by atoms with Gasteiger partial charge >= 0.3 is 11.9 Å². The summed E-state index contributed by atoms with van der Waals surface area (Å²) >= 11 is 0. The minimum Gasteiger partial charge on any atom is -0.463 e. The molecule has 42 heavy (non-hydrogen) atoms. The highest BCUT2D eigenvalue weighted by Gasteiger charge is 2.11. The lowest BCUT2D eigenvalue weighted by Gasteiger charge is -2.12. The van der Waals surface area contributed by atoms with Crippen LogP contribution < -0.4 is 0 Å². The Morgan fingerprint density at radius 2 is 1.02 bits per heavy atom. The van der Waals surface area contributed by atoms with Crippen molar-refractivity contribution < 1.29 is 29.3 Å². The van der Waals surface area contributed by atoms with Crippen molar-refractivity contribution in [3.63, 3.8) is 0 Å². The van der Waals surface area contributed by atoms with E-state index in [1.807, 2.05) is 12.2 Å². The summed E-state index contributed by atoms with van der Waals surface area (Å²) in [5, 5.41) is 19.7. The fourth-order valence-corrected chi connectivity index (χ4v) is 4.27. The van der Waals surface area contributed by atoms with Gasteiger partial charge in [-0.3, -0.25) is 9.59 Å². The van der Waals surface area contributed by atoms with Gasteiger partial charge in [0.05, 0.1) is 6.10 Å². The van der Waals surface area contributed by atoms with Gasteiger partial charge in [0.1, 0.15) is 19.3 Å². The molecule has 242 valence electrons. The molecule has 0 heterocycles. The molecule has 0 aliphatic carbocycles. The zero-order chi connectivity index (χ0) is 30.9. The lowest BCUT2D eigenvalue weighted by molar-refractivity contribution is -0.152. The second-order valence-electron chi connectivity index (χ2n) is 11.1. The Hall–Kier alpha value is -2.18. The average Bonchev–Trinajstić information content (AvgIpc) is 2.98. The van der Waals surface area contributed by atoms with Gasteiger partial charge in [-0.1, -0.05) is 133 Å². The normalized spacial score (nSPS) is 13.5. The summed E-state index contributed by atoms with van der Waals surface area (Å²) in [4.78, 5) is 23.7. The van der Waals surface area contributed by atoms with Crippen LogP contribution in [0.3, 0.4) is 0 Å². The van der Waals surface area contributed by atoms with Crippen molar-refractivity contribution in [1.29, 1.82) is 0 Å². The highest BCUT2D eigenvalue weighted by Crippen LogP contribution is 2.11. The molecular formula is C36H62O6. The predicted molar refractivity (Wildman–Crippen MR) is 174 cm³/mol. The summed E-state index contributed by atoms with van der Waals surface area (Å²) in [5.74, 6) is -0.656. The molecule has 6 heteroatoms. The van der Waals surface area contributed by atoms with Crippen LogP contribution in [0.5, 0.6) is 0 Å². The van der Waals surface area contributed by atoms with Gasteiger partial charge in [-0.15, -0.1) is 0 Å². The summed E-state index contributed by atoms with van der Waals surface area (Å²) in [6, 6.07) is 0. The van der Waals surface area contributed by atoms with Gasteiger partial charge in [-0.2, -0.15) is 0 Å². The molecule has 0 bridgehead atoms. The van der Waals surface area contributed by atoms with E-state index in [9.17, 15) is 19.8 Å². The molecule has 0 aromatic rings. The molecule has 0 aromatic carbocycles. The first kappa shape index (κ1) is 39.8. The third-order valence-corrected chi connectivity index (χ3v) is 6.89. The topological polar surface area (TPSA) is 93.1 Å². The fourth-order valence-electron chi connectivity index (χ4n) is 4.27. The van der Waals surface area contributed by atoms with Gasteiger partial charge in [0.25, 0.3) is 0 Å². The Balaban J connectivity index is 3.62. The number of esters is 2. The van der Waals surface area contributed by atoms with E-state index < -0.39 is 6.10 Å². The van der Waals surface area contributed by atoms with Crippen LogP contribution >= 0.6 is 0 Å². The van der Waals surface area contributed by atoms with E-state index in [2.05, 4.69) is 50.3 Å². The van der Waals surface area contributed by atoms with Crippen molar-refractivity contribution in [3.8, 4) is 0 Å². The molecular weight excluding hydrogens is 528 g/mol. The van der Waals surface area contributed by atoms with Gasteiger partial charge in [0.15, 0.2) is 0 Å². The van der Waals surface area contributed by atoms with Crippen LogP contribution in [-0.2, 0) is 19.1 Å². The summed E-state index contributed by atoms with van der Waals surface area (Å²) in [6.07, 6.45) is 35.0. The number of unbranched alkanes of at least 4 members (excludes halogenated alkanes) is 11. The van der Waals surface area contributed by atoms with Crippen LogP contribution in [0.4, 0.5) is 0 Å². The molecule has 2 N–H and O–H groups in total. The van der Waals surface area contributed by atoms with Gasteiger partial charge in [-0.05, 0) is 44.9 Å².